The normalized spacial score (nSPS) is 19.4. The number of ether oxygens (including phenoxy) is 1. The van der Waals surface area contributed by atoms with E-state index in [0.29, 0.717) is 12.7 Å². The summed E-state index contributed by atoms with van der Waals surface area (Å²) in [5.41, 5.74) is 4.80. The van der Waals surface area contributed by atoms with Gasteiger partial charge in [0, 0.05) is 43.3 Å². The molecular weight excluding hydrogens is 368 g/mol. The van der Waals surface area contributed by atoms with Gasteiger partial charge < -0.3 is 9.64 Å². The molecule has 0 spiro atoms. The minimum Gasteiger partial charge on any atom is -0.374 e. The average molecular weight is 399 g/mol. The maximum Gasteiger partial charge on any atom is 0.0721 e. The minimum absolute atomic E-state index is 0.436. The van der Waals surface area contributed by atoms with Gasteiger partial charge in [-0.1, -0.05) is 60.8 Å². The monoisotopic (exact) mass is 398 g/mol. The van der Waals surface area contributed by atoms with E-state index in [1.54, 1.807) is 0 Å². The highest BCUT2D eigenvalue weighted by molar-refractivity contribution is 6.33. The van der Waals surface area contributed by atoms with Gasteiger partial charge >= 0.3 is 0 Å². The summed E-state index contributed by atoms with van der Waals surface area (Å²) in [5, 5.41) is 0.805. The van der Waals surface area contributed by atoms with Crippen molar-refractivity contribution in [2.24, 2.45) is 0 Å². The first-order valence-electron chi connectivity index (χ1n) is 10.6. The molecule has 1 aliphatic carbocycles. The van der Waals surface area contributed by atoms with Gasteiger partial charge in [0.2, 0.25) is 0 Å². The van der Waals surface area contributed by atoms with Crippen molar-refractivity contribution in [3.8, 4) is 11.1 Å². The summed E-state index contributed by atoms with van der Waals surface area (Å²) in [5.74, 6) is 0. The van der Waals surface area contributed by atoms with Crippen molar-refractivity contribution in [1.82, 2.24) is 9.80 Å². The highest BCUT2D eigenvalue weighted by Gasteiger charge is 2.16. The second-order valence-corrected chi connectivity index (χ2v) is 8.72. The predicted octanol–water partition coefficient (Wildman–Crippen LogP) is 5.21. The first-order valence-corrected chi connectivity index (χ1v) is 11.0. The second kappa shape index (κ2) is 9.41. The van der Waals surface area contributed by atoms with Crippen LogP contribution in [0.1, 0.15) is 36.8 Å². The topological polar surface area (TPSA) is 15.7 Å². The number of halogens is 1. The van der Waals surface area contributed by atoms with E-state index in [4.69, 9.17) is 16.3 Å². The highest BCUT2D eigenvalue weighted by atomic mass is 35.5. The molecule has 1 heterocycles. The lowest BCUT2D eigenvalue weighted by Gasteiger charge is -2.32. The summed E-state index contributed by atoms with van der Waals surface area (Å²) in [6.45, 7) is 6.30. The lowest BCUT2D eigenvalue weighted by molar-refractivity contribution is 0.0457. The van der Waals surface area contributed by atoms with Crippen LogP contribution < -0.4 is 0 Å². The molecule has 3 nitrogen and oxygen atoms in total. The van der Waals surface area contributed by atoms with Gasteiger partial charge in [0.25, 0.3) is 0 Å². The summed E-state index contributed by atoms with van der Waals surface area (Å²) >= 11 is 6.60. The van der Waals surface area contributed by atoms with E-state index in [-0.39, 0.29) is 0 Å². The van der Waals surface area contributed by atoms with Crippen LogP contribution >= 0.6 is 11.6 Å². The van der Waals surface area contributed by atoms with E-state index < -0.39 is 0 Å². The summed E-state index contributed by atoms with van der Waals surface area (Å²) in [7, 11) is 2.20. The predicted molar refractivity (Wildman–Crippen MR) is 117 cm³/mol. The van der Waals surface area contributed by atoms with Crippen LogP contribution in [0, 0.1) is 0 Å². The smallest absolute Gasteiger partial charge is 0.0721 e. The largest absolute Gasteiger partial charge is 0.374 e. The number of piperazine rings is 1. The van der Waals surface area contributed by atoms with Crippen LogP contribution in [-0.4, -0.2) is 49.1 Å². The van der Waals surface area contributed by atoms with Crippen LogP contribution in [0.4, 0.5) is 0 Å². The fourth-order valence-electron chi connectivity index (χ4n) is 4.21. The lowest BCUT2D eigenvalue weighted by Crippen LogP contribution is -2.43. The number of rotatable bonds is 6. The molecular formula is C24H31ClN2O. The van der Waals surface area contributed by atoms with Crippen LogP contribution in [-0.2, 0) is 17.9 Å². The summed E-state index contributed by atoms with van der Waals surface area (Å²) in [4.78, 5) is 4.92. The lowest BCUT2D eigenvalue weighted by atomic mass is 10.0. The molecule has 1 aliphatic heterocycles. The zero-order valence-electron chi connectivity index (χ0n) is 16.9. The Bertz CT molecular complexity index is 763. The Morgan fingerprint density at radius 3 is 2.29 bits per heavy atom. The number of hydrogen-bond acceptors (Lipinski definition) is 3. The third-order valence-corrected chi connectivity index (χ3v) is 6.40. The van der Waals surface area contributed by atoms with Crippen LogP contribution in [0.3, 0.4) is 0 Å². The summed E-state index contributed by atoms with van der Waals surface area (Å²) < 4.78 is 6.02. The molecule has 2 aliphatic rings. The molecule has 0 aromatic heterocycles. The summed E-state index contributed by atoms with van der Waals surface area (Å²) in [6.07, 6.45) is 5.44. The van der Waals surface area contributed by atoms with Gasteiger partial charge in [-0.25, -0.2) is 0 Å². The SMILES string of the molecule is CN1CCN(Cc2ccc(-c3ccc(COC4CCCC4)cc3Cl)cc2)CC1. The third-order valence-electron chi connectivity index (χ3n) is 6.09. The van der Waals surface area contributed by atoms with Crippen LogP contribution in [0.25, 0.3) is 11.1 Å². The standard InChI is InChI=1S/C24H31ClN2O/c1-26-12-14-27(15-13-26)17-19-6-9-21(10-7-19)23-11-8-20(16-24(23)25)18-28-22-4-2-3-5-22/h6-11,16,22H,2-5,12-15,17-18H2,1H3. The molecule has 0 bridgehead atoms. The molecule has 0 amide bonds. The highest BCUT2D eigenvalue weighted by Crippen LogP contribution is 2.30. The molecule has 0 N–H and O–H groups in total. The number of likely N-dealkylation sites (N-methyl/N-ethyl adjacent to an activating group) is 1. The van der Waals surface area contributed by atoms with Gasteiger partial charge in [-0.2, -0.15) is 0 Å². The van der Waals surface area contributed by atoms with Crippen LogP contribution in [0.15, 0.2) is 42.5 Å². The fourth-order valence-corrected chi connectivity index (χ4v) is 4.52. The van der Waals surface area contributed by atoms with Crippen LogP contribution in [0.2, 0.25) is 5.02 Å². The third kappa shape index (κ3) is 5.15. The van der Waals surface area contributed by atoms with Crippen molar-refractivity contribution < 1.29 is 4.74 Å². The molecule has 2 aromatic rings. The van der Waals surface area contributed by atoms with Crippen molar-refractivity contribution in [3.05, 3.63) is 58.6 Å². The van der Waals surface area contributed by atoms with E-state index in [9.17, 15) is 0 Å². The first-order chi connectivity index (χ1) is 13.7. The zero-order valence-corrected chi connectivity index (χ0v) is 17.6. The maximum absolute atomic E-state index is 6.60. The van der Waals surface area contributed by atoms with Crippen molar-refractivity contribution in [2.75, 3.05) is 33.2 Å². The maximum atomic E-state index is 6.60. The quantitative estimate of drug-likeness (QED) is 0.663. The molecule has 2 fully saturated rings. The molecule has 4 rings (SSSR count). The Morgan fingerprint density at radius 2 is 1.61 bits per heavy atom. The molecule has 0 atom stereocenters. The molecule has 0 unspecified atom stereocenters. The van der Waals surface area contributed by atoms with Crippen molar-refractivity contribution >= 4 is 11.6 Å². The van der Waals surface area contributed by atoms with E-state index in [2.05, 4.69) is 59.3 Å². The van der Waals surface area contributed by atoms with Gasteiger partial charge in [0.1, 0.15) is 0 Å². The van der Waals surface area contributed by atoms with Crippen LogP contribution in [0.5, 0.6) is 0 Å². The number of hydrogen-bond donors (Lipinski definition) is 0. The molecule has 1 saturated carbocycles. The Morgan fingerprint density at radius 1 is 0.929 bits per heavy atom. The molecule has 1 saturated heterocycles. The van der Waals surface area contributed by atoms with Gasteiger partial charge in [-0.05, 0) is 42.6 Å². The van der Waals surface area contributed by atoms with Crippen molar-refractivity contribution in [2.45, 2.75) is 44.9 Å². The number of nitrogens with zero attached hydrogens (tertiary/aromatic N) is 2. The van der Waals surface area contributed by atoms with Crippen molar-refractivity contribution in [3.63, 3.8) is 0 Å². The Hall–Kier alpha value is -1.39. The van der Waals surface area contributed by atoms with E-state index in [1.807, 2.05) is 0 Å². The van der Waals surface area contributed by atoms with Gasteiger partial charge in [-0.15, -0.1) is 0 Å². The molecule has 150 valence electrons. The first kappa shape index (κ1) is 19.9. The Balaban J connectivity index is 1.36. The zero-order chi connectivity index (χ0) is 19.3. The Labute approximate surface area is 174 Å². The van der Waals surface area contributed by atoms with Gasteiger partial charge in [0.15, 0.2) is 0 Å². The minimum atomic E-state index is 0.436. The molecule has 2 aromatic carbocycles. The molecule has 28 heavy (non-hydrogen) atoms. The number of benzene rings is 2. The average Bonchev–Trinajstić information content (AvgIpc) is 3.23. The fraction of sp³-hybridized carbons (Fsp3) is 0.500. The Kier molecular flexibility index (Phi) is 6.69. The second-order valence-electron chi connectivity index (χ2n) is 8.31. The molecule has 0 radical (unpaired) electrons. The van der Waals surface area contributed by atoms with Gasteiger partial charge in [-0.3, -0.25) is 4.90 Å². The van der Waals surface area contributed by atoms with E-state index in [1.165, 1.54) is 36.8 Å². The summed E-state index contributed by atoms with van der Waals surface area (Å²) in [6, 6.07) is 15.2. The molecule has 4 heteroatoms. The van der Waals surface area contributed by atoms with Gasteiger partial charge in [0.05, 0.1) is 12.7 Å². The van der Waals surface area contributed by atoms with E-state index in [0.717, 1.165) is 48.9 Å². The van der Waals surface area contributed by atoms with Crippen molar-refractivity contribution in [1.29, 1.82) is 0 Å². The van der Waals surface area contributed by atoms with E-state index >= 15 is 0 Å².